The molecule has 0 aliphatic heterocycles. The van der Waals surface area contributed by atoms with Gasteiger partial charge in [-0.15, -0.1) is 0 Å². The molecule has 0 unspecified atom stereocenters. The zero-order valence-corrected chi connectivity index (χ0v) is 18.0. The van der Waals surface area contributed by atoms with Gasteiger partial charge in [0.15, 0.2) is 5.52 Å². The van der Waals surface area contributed by atoms with Crippen molar-refractivity contribution in [2.45, 2.75) is 45.6 Å². The molecule has 0 fully saturated rings. The van der Waals surface area contributed by atoms with Crippen LogP contribution in [0.5, 0.6) is 0 Å². The number of aromatic amines is 2. The summed E-state index contributed by atoms with van der Waals surface area (Å²) in [5, 5.41) is 0.712. The number of H-pyrrole nitrogens is 2. The number of rotatable bonds is 5. The smallest absolute Gasteiger partial charge is 0.267 e. The molecule has 2 aromatic carbocycles. The predicted octanol–water partition coefficient (Wildman–Crippen LogP) is 4.02. The highest BCUT2D eigenvalue weighted by Crippen LogP contribution is 2.23. The van der Waals surface area contributed by atoms with Crippen LogP contribution in [0.3, 0.4) is 0 Å². The lowest BCUT2D eigenvalue weighted by Gasteiger charge is -2.14. The third-order valence-corrected chi connectivity index (χ3v) is 5.83. The summed E-state index contributed by atoms with van der Waals surface area (Å²) < 4.78 is 1.99. The van der Waals surface area contributed by atoms with Gasteiger partial charge in [0.2, 0.25) is 5.52 Å². The van der Waals surface area contributed by atoms with Crippen molar-refractivity contribution in [3.8, 4) is 0 Å². The highest BCUT2D eigenvalue weighted by atomic mass is 35.5. The number of fused-ring (bicyclic) bond motifs is 2. The number of hydrogen-bond acceptors (Lipinski definition) is 3. The largest absolute Gasteiger partial charge is 0.413 e. The normalized spacial score (nSPS) is 12.7. The third-order valence-electron chi connectivity index (χ3n) is 5.58. The van der Waals surface area contributed by atoms with Crippen LogP contribution in [-0.2, 0) is 6.54 Å². The lowest BCUT2D eigenvalue weighted by Crippen LogP contribution is -2.41. The maximum absolute atomic E-state index is 12.4. The van der Waals surface area contributed by atoms with Crippen LogP contribution in [0.15, 0.2) is 52.1 Å². The van der Waals surface area contributed by atoms with Crippen molar-refractivity contribution >= 4 is 33.8 Å². The topological polar surface area (TPSA) is 82.5 Å². The molecule has 0 saturated carbocycles. The van der Waals surface area contributed by atoms with E-state index in [0.29, 0.717) is 23.1 Å². The molecule has 7 heteroatoms. The highest BCUT2D eigenvalue weighted by Gasteiger charge is 2.20. The average molecular weight is 424 g/mol. The predicted molar refractivity (Wildman–Crippen MR) is 119 cm³/mol. The molecule has 4 aromatic rings. The Morgan fingerprint density at radius 1 is 1.00 bits per heavy atom. The van der Waals surface area contributed by atoms with E-state index in [1.165, 1.54) is 5.56 Å². The zero-order chi connectivity index (χ0) is 21.4. The fourth-order valence-corrected chi connectivity index (χ4v) is 3.86. The quantitative estimate of drug-likeness (QED) is 0.375. The van der Waals surface area contributed by atoms with E-state index in [2.05, 4.69) is 41.8 Å². The van der Waals surface area contributed by atoms with Gasteiger partial charge in [-0.25, -0.2) is 14.3 Å². The van der Waals surface area contributed by atoms with Crippen LogP contribution in [0.1, 0.15) is 50.2 Å². The first kappa shape index (κ1) is 20.3. The van der Waals surface area contributed by atoms with E-state index in [1.807, 2.05) is 41.0 Å². The van der Waals surface area contributed by atoms with Crippen LogP contribution in [0.4, 0.5) is 0 Å². The maximum atomic E-state index is 12.4. The van der Waals surface area contributed by atoms with Crippen molar-refractivity contribution in [3.63, 3.8) is 0 Å². The first-order valence-corrected chi connectivity index (χ1v) is 10.5. The highest BCUT2D eigenvalue weighted by molar-refractivity contribution is 6.30. The maximum Gasteiger partial charge on any atom is 0.413 e. The molecule has 4 rings (SSSR count). The Morgan fingerprint density at radius 2 is 1.70 bits per heavy atom. The molecule has 0 spiro atoms. The van der Waals surface area contributed by atoms with Gasteiger partial charge in [-0.2, -0.15) is 4.98 Å². The molecule has 0 saturated heterocycles. The van der Waals surface area contributed by atoms with Crippen molar-refractivity contribution < 1.29 is 4.57 Å². The van der Waals surface area contributed by atoms with Crippen LogP contribution < -0.4 is 15.8 Å². The van der Waals surface area contributed by atoms with Gasteiger partial charge in [0.25, 0.3) is 5.56 Å². The Labute approximate surface area is 178 Å². The molecule has 154 valence electrons. The SMILES string of the molecule is CC(C)c1ccc2c(c1)nc1c(=O)[nH]c(=O)[nH]c1[n+]2CC[C@H](C)c1ccc(Cl)cc1. The standard InChI is InChI=1S/C23H23ClN4O2/c1-13(2)16-6-9-19-18(12-16)25-20-21(26-23(30)27-22(20)29)28(19)11-10-14(3)15-4-7-17(24)8-5-15/h4-9,12-14H,10-11H2,1-3H3,(H,27,29,30)/p+1/t14-/m0/s1. The van der Waals surface area contributed by atoms with E-state index in [-0.39, 0.29) is 11.4 Å². The van der Waals surface area contributed by atoms with Crippen LogP contribution in [-0.4, -0.2) is 15.0 Å². The number of nitrogens with zero attached hydrogens (tertiary/aromatic N) is 2. The van der Waals surface area contributed by atoms with Crippen LogP contribution in [0, 0.1) is 0 Å². The number of nitrogens with one attached hydrogen (secondary N) is 2. The van der Waals surface area contributed by atoms with E-state index in [9.17, 15) is 9.59 Å². The Bertz CT molecular complexity index is 1340. The van der Waals surface area contributed by atoms with Crippen LogP contribution in [0.2, 0.25) is 5.02 Å². The number of benzene rings is 2. The summed E-state index contributed by atoms with van der Waals surface area (Å²) in [6.45, 7) is 7.02. The summed E-state index contributed by atoms with van der Waals surface area (Å²) in [5.74, 6) is 0.621. The molecular formula is C23H24ClN4O2+. The van der Waals surface area contributed by atoms with Gasteiger partial charge in [0, 0.05) is 5.02 Å². The van der Waals surface area contributed by atoms with E-state index in [1.54, 1.807) is 0 Å². The summed E-state index contributed by atoms with van der Waals surface area (Å²) >= 11 is 6.01. The molecule has 0 radical (unpaired) electrons. The lowest BCUT2D eigenvalue weighted by molar-refractivity contribution is -0.648. The second-order valence-corrected chi connectivity index (χ2v) is 8.45. The summed E-state index contributed by atoms with van der Waals surface area (Å²) in [4.78, 5) is 34.0. The zero-order valence-electron chi connectivity index (χ0n) is 17.2. The molecule has 6 nitrogen and oxygen atoms in total. The van der Waals surface area contributed by atoms with Gasteiger partial charge in [-0.05, 0) is 53.6 Å². The monoisotopic (exact) mass is 423 g/mol. The van der Waals surface area contributed by atoms with Crippen LogP contribution >= 0.6 is 11.6 Å². The fraction of sp³-hybridized carbons (Fsp3) is 0.304. The fourth-order valence-electron chi connectivity index (χ4n) is 3.74. The van der Waals surface area contributed by atoms with Crippen molar-refractivity contribution in [1.82, 2.24) is 15.0 Å². The van der Waals surface area contributed by atoms with Gasteiger partial charge >= 0.3 is 11.3 Å². The number of halogens is 1. The molecule has 2 heterocycles. The van der Waals surface area contributed by atoms with Gasteiger partial charge < -0.3 is 0 Å². The van der Waals surface area contributed by atoms with Gasteiger partial charge in [-0.1, -0.05) is 50.6 Å². The van der Waals surface area contributed by atoms with Crippen molar-refractivity contribution in [2.24, 2.45) is 0 Å². The van der Waals surface area contributed by atoms with E-state index in [0.717, 1.165) is 23.0 Å². The van der Waals surface area contributed by atoms with E-state index >= 15 is 0 Å². The molecule has 2 N–H and O–H groups in total. The second kappa shape index (κ2) is 8.03. The van der Waals surface area contributed by atoms with Crippen molar-refractivity contribution in [3.05, 3.63) is 79.5 Å². The van der Waals surface area contributed by atoms with Gasteiger partial charge in [-0.3, -0.25) is 9.78 Å². The Kier molecular flexibility index (Phi) is 5.43. The first-order chi connectivity index (χ1) is 14.3. The van der Waals surface area contributed by atoms with Crippen molar-refractivity contribution in [1.29, 1.82) is 0 Å². The minimum atomic E-state index is -0.535. The first-order valence-electron chi connectivity index (χ1n) is 10.1. The number of aromatic nitrogens is 4. The minimum absolute atomic E-state index is 0.238. The third kappa shape index (κ3) is 3.87. The Hall–Kier alpha value is -2.99. The molecule has 2 aromatic heterocycles. The van der Waals surface area contributed by atoms with Gasteiger partial charge in [0.1, 0.15) is 5.52 Å². The molecule has 0 aliphatic carbocycles. The molecule has 0 amide bonds. The molecule has 1 atom stereocenters. The summed E-state index contributed by atoms with van der Waals surface area (Å²) in [6, 6.07) is 14.0. The number of aryl methyl sites for hydroxylation is 1. The second-order valence-electron chi connectivity index (χ2n) is 8.01. The molecule has 0 aliphatic rings. The summed E-state index contributed by atoms with van der Waals surface area (Å²) in [7, 11) is 0. The summed E-state index contributed by atoms with van der Waals surface area (Å²) in [5.41, 5.74) is 3.63. The lowest BCUT2D eigenvalue weighted by atomic mass is 9.98. The summed E-state index contributed by atoms with van der Waals surface area (Å²) in [6.07, 6.45) is 0.821. The Balaban J connectivity index is 1.83. The van der Waals surface area contributed by atoms with Gasteiger partial charge in [0.05, 0.1) is 6.54 Å². The average Bonchev–Trinajstić information content (AvgIpc) is 2.71. The molecule has 0 bridgehead atoms. The molecular weight excluding hydrogens is 400 g/mol. The van der Waals surface area contributed by atoms with E-state index < -0.39 is 11.2 Å². The Morgan fingerprint density at radius 3 is 2.40 bits per heavy atom. The number of hydrogen-bond donors (Lipinski definition) is 2. The van der Waals surface area contributed by atoms with Crippen molar-refractivity contribution in [2.75, 3.05) is 0 Å². The van der Waals surface area contributed by atoms with E-state index in [4.69, 9.17) is 11.6 Å². The molecule has 30 heavy (non-hydrogen) atoms. The minimum Gasteiger partial charge on any atom is -0.267 e. The van der Waals surface area contributed by atoms with Crippen LogP contribution in [0.25, 0.3) is 22.2 Å².